The molecule has 2 rings (SSSR count). The molecule has 1 aromatic carbocycles. The van der Waals surface area contributed by atoms with Crippen molar-refractivity contribution in [2.24, 2.45) is 5.73 Å². The van der Waals surface area contributed by atoms with Gasteiger partial charge in [-0.1, -0.05) is 30.3 Å². The van der Waals surface area contributed by atoms with Gasteiger partial charge in [0.15, 0.2) is 5.78 Å². The van der Waals surface area contributed by atoms with E-state index in [2.05, 4.69) is 0 Å². The van der Waals surface area contributed by atoms with E-state index < -0.39 is 18.0 Å². The Balaban J connectivity index is 1.95. The van der Waals surface area contributed by atoms with Crippen molar-refractivity contribution in [3.63, 3.8) is 0 Å². The Hall–Kier alpha value is -2.47. The van der Waals surface area contributed by atoms with Gasteiger partial charge in [-0.15, -0.1) is 11.3 Å². The first-order valence-electron chi connectivity index (χ1n) is 7.52. The summed E-state index contributed by atoms with van der Waals surface area (Å²) >= 11 is 1.55. The number of ketones is 1. The molecule has 1 amide bonds. The summed E-state index contributed by atoms with van der Waals surface area (Å²) in [6, 6.07) is 10.4. The Morgan fingerprint density at radius 3 is 2.33 bits per heavy atom. The van der Waals surface area contributed by atoms with Gasteiger partial charge in [0, 0.05) is 27.3 Å². The van der Waals surface area contributed by atoms with Gasteiger partial charge in [-0.2, -0.15) is 0 Å². The minimum absolute atomic E-state index is 0.0378. The SMILES string of the molecule is Cc1cc(C(=O)CCC(=O)O[C@@H](C(N)=O)c2ccccc2)c(C)s1. The molecule has 0 radical (unpaired) electrons. The number of nitrogens with two attached hydrogens (primary N) is 1. The molecule has 0 aliphatic heterocycles. The molecule has 1 aromatic heterocycles. The second kappa shape index (κ2) is 7.88. The number of hydrogen-bond acceptors (Lipinski definition) is 5. The Kier molecular flexibility index (Phi) is 5.87. The first kappa shape index (κ1) is 17.9. The smallest absolute Gasteiger partial charge is 0.307 e. The molecule has 1 heterocycles. The minimum atomic E-state index is -1.14. The largest absolute Gasteiger partial charge is 0.447 e. The monoisotopic (exact) mass is 345 g/mol. The molecule has 0 spiro atoms. The number of ether oxygens (including phenoxy) is 1. The fourth-order valence-electron chi connectivity index (χ4n) is 2.37. The highest BCUT2D eigenvalue weighted by Crippen LogP contribution is 2.23. The van der Waals surface area contributed by atoms with E-state index in [1.54, 1.807) is 41.7 Å². The molecule has 6 heteroatoms. The molecule has 0 saturated carbocycles. The molecular weight excluding hydrogens is 326 g/mol. The van der Waals surface area contributed by atoms with Crippen LogP contribution in [0.1, 0.15) is 44.6 Å². The van der Waals surface area contributed by atoms with Crippen LogP contribution in [0.15, 0.2) is 36.4 Å². The van der Waals surface area contributed by atoms with Crippen LogP contribution in [0.25, 0.3) is 0 Å². The average molecular weight is 345 g/mol. The molecule has 0 bridgehead atoms. The van der Waals surface area contributed by atoms with E-state index in [4.69, 9.17) is 10.5 Å². The number of Topliss-reactive ketones (excluding diaryl/α,β-unsaturated/α-hetero) is 1. The normalized spacial score (nSPS) is 11.8. The highest BCUT2D eigenvalue weighted by molar-refractivity contribution is 7.12. The van der Waals surface area contributed by atoms with E-state index in [-0.39, 0.29) is 18.6 Å². The van der Waals surface area contributed by atoms with Crippen molar-refractivity contribution in [2.75, 3.05) is 0 Å². The number of aryl methyl sites for hydroxylation is 2. The van der Waals surface area contributed by atoms with Crippen LogP contribution in [0.5, 0.6) is 0 Å². The van der Waals surface area contributed by atoms with Crippen LogP contribution in [0.4, 0.5) is 0 Å². The van der Waals surface area contributed by atoms with Gasteiger partial charge in [-0.3, -0.25) is 14.4 Å². The maximum absolute atomic E-state index is 12.2. The van der Waals surface area contributed by atoms with Crippen LogP contribution >= 0.6 is 11.3 Å². The lowest BCUT2D eigenvalue weighted by Gasteiger charge is -2.14. The molecule has 1 atom stereocenters. The van der Waals surface area contributed by atoms with Crippen molar-refractivity contribution in [1.29, 1.82) is 0 Å². The average Bonchev–Trinajstić information content (AvgIpc) is 2.89. The van der Waals surface area contributed by atoms with Crippen LogP contribution in [-0.2, 0) is 14.3 Å². The summed E-state index contributed by atoms with van der Waals surface area (Å²) in [5.41, 5.74) is 6.45. The third kappa shape index (κ3) is 4.52. The first-order valence-corrected chi connectivity index (χ1v) is 8.34. The molecule has 0 aliphatic carbocycles. The van der Waals surface area contributed by atoms with Gasteiger partial charge in [0.2, 0.25) is 6.10 Å². The molecule has 0 aliphatic rings. The van der Waals surface area contributed by atoms with Gasteiger partial charge in [0.05, 0.1) is 6.42 Å². The Labute approximate surface area is 144 Å². The predicted molar refractivity (Wildman–Crippen MR) is 91.8 cm³/mol. The number of thiophene rings is 1. The summed E-state index contributed by atoms with van der Waals surface area (Å²) in [5.74, 6) is -1.48. The highest BCUT2D eigenvalue weighted by atomic mass is 32.1. The van der Waals surface area contributed by atoms with Gasteiger partial charge in [0.25, 0.3) is 5.91 Å². The fraction of sp³-hybridized carbons (Fsp3) is 0.278. The molecule has 2 N–H and O–H groups in total. The van der Waals surface area contributed by atoms with E-state index in [1.807, 2.05) is 19.9 Å². The quantitative estimate of drug-likeness (QED) is 0.617. The molecule has 0 saturated heterocycles. The number of benzene rings is 1. The summed E-state index contributed by atoms with van der Waals surface area (Å²) in [7, 11) is 0. The Morgan fingerprint density at radius 1 is 1.12 bits per heavy atom. The van der Waals surface area contributed by atoms with Crippen molar-refractivity contribution in [1.82, 2.24) is 0 Å². The van der Waals surface area contributed by atoms with Crippen LogP contribution in [0.3, 0.4) is 0 Å². The summed E-state index contributed by atoms with van der Waals surface area (Å²) in [6.07, 6.45) is -1.20. The fourth-order valence-corrected chi connectivity index (χ4v) is 3.31. The first-order chi connectivity index (χ1) is 11.4. The number of primary amides is 1. The van der Waals surface area contributed by atoms with Crippen LogP contribution < -0.4 is 5.73 Å². The van der Waals surface area contributed by atoms with E-state index in [0.29, 0.717) is 11.1 Å². The van der Waals surface area contributed by atoms with Crippen LogP contribution in [0.2, 0.25) is 0 Å². The van der Waals surface area contributed by atoms with Crippen molar-refractivity contribution in [2.45, 2.75) is 32.8 Å². The van der Waals surface area contributed by atoms with Crippen molar-refractivity contribution in [3.8, 4) is 0 Å². The zero-order valence-corrected chi connectivity index (χ0v) is 14.4. The van der Waals surface area contributed by atoms with Crippen molar-refractivity contribution >= 4 is 29.0 Å². The number of rotatable bonds is 7. The van der Waals surface area contributed by atoms with E-state index >= 15 is 0 Å². The maximum atomic E-state index is 12.2. The molecule has 5 nitrogen and oxygen atoms in total. The number of amides is 1. The number of carbonyl (C=O) groups is 3. The highest BCUT2D eigenvalue weighted by Gasteiger charge is 2.23. The lowest BCUT2D eigenvalue weighted by molar-refractivity contribution is -0.155. The molecular formula is C18H19NO4S. The lowest BCUT2D eigenvalue weighted by atomic mass is 10.1. The lowest BCUT2D eigenvalue weighted by Crippen LogP contribution is -2.26. The van der Waals surface area contributed by atoms with Crippen LogP contribution in [-0.4, -0.2) is 17.7 Å². The maximum Gasteiger partial charge on any atom is 0.307 e. The van der Waals surface area contributed by atoms with Gasteiger partial charge in [0.1, 0.15) is 0 Å². The summed E-state index contributed by atoms with van der Waals surface area (Å²) < 4.78 is 5.16. The third-order valence-electron chi connectivity index (χ3n) is 3.51. The predicted octanol–water partition coefficient (Wildman–Crippen LogP) is 3.10. The molecule has 0 unspecified atom stereocenters. The second-order valence-corrected chi connectivity index (χ2v) is 6.89. The zero-order chi connectivity index (χ0) is 17.7. The zero-order valence-electron chi connectivity index (χ0n) is 13.6. The van der Waals surface area contributed by atoms with Gasteiger partial charge < -0.3 is 10.5 Å². The molecule has 2 aromatic rings. The molecule has 126 valence electrons. The number of esters is 1. The number of carbonyl (C=O) groups excluding carboxylic acids is 3. The van der Waals surface area contributed by atoms with E-state index in [1.165, 1.54) is 0 Å². The number of hydrogen-bond donors (Lipinski definition) is 1. The standard InChI is InChI=1S/C18H19NO4S/c1-11-10-14(12(2)24-11)15(20)8-9-16(21)23-17(18(19)22)13-6-4-3-5-7-13/h3-7,10,17H,8-9H2,1-2H3,(H2,19,22)/t17-/m1/s1. The molecule has 24 heavy (non-hydrogen) atoms. The summed E-state index contributed by atoms with van der Waals surface area (Å²) in [6.45, 7) is 3.81. The second-order valence-electron chi connectivity index (χ2n) is 5.43. The topological polar surface area (TPSA) is 86.5 Å². The summed E-state index contributed by atoms with van der Waals surface area (Å²) in [4.78, 5) is 37.7. The molecule has 0 fully saturated rings. The van der Waals surface area contributed by atoms with Gasteiger partial charge in [-0.05, 0) is 19.9 Å². The summed E-state index contributed by atoms with van der Waals surface area (Å²) in [5, 5.41) is 0. The van der Waals surface area contributed by atoms with E-state index in [9.17, 15) is 14.4 Å². The third-order valence-corrected chi connectivity index (χ3v) is 4.47. The van der Waals surface area contributed by atoms with Crippen molar-refractivity contribution < 1.29 is 19.1 Å². The Bertz CT molecular complexity index is 752. The van der Waals surface area contributed by atoms with Crippen LogP contribution in [0, 0.1) is 13.8 Å². The van der Waals surface area contributed by atoms with Gasteiger partial charge >= 0.3 is 5.97 Å². The Morgan fingerprint density at radius 2 is 1.79 bits per heavy atom. The van der Waals surface area contributed by atoms with E-state index in [0.717, 1.165) is 9.75 Å². The van der Waals surface area contributed by atoms with Crippen molar-refractivity contribution in [3.05, 3.63) is 57.3 Å². The van der Waals surface area contributed by atoms with Gasteiger partial charge in [-0.25, -0.2) is 0 Å². The minimum Gasteiger partial charge on any atom is -0.447 e.